The number of ketones is 1. The van der Waals surface area contributed by atoms with Crippen molar-refractivity contribution in [2.75, 3.05) is 13.7 Å². The van der Waals surface area contributed by atoms with E-state index in [0.717, 1.165) is 11.4 Å². The Morgan fingerprint density at radius 2 is 2.14 bits per heavy atom. The lowest BCUT2D eigenvalue weighted by Crippen LogP contribution is -2.16. The zero-order valence-corrected chi connectivity index (χ0v) is 13.1. The smallest absolute Gasteiger partial charge is 0.187 e. The van der Waals surface area contributed by atoms with Gasteiger partial charge >= 0.3 is 0 Å². The van der Waals surface area contributed by atoms with Crippen LogP contribution in [-0.4, -0.2) is 35.6 Å². The number of hydrogen-bond donors (Lipinski definition) is 0. The van der Waals surface area contributed by atoms with Crippen LogP contribution in [0.25, 0.3) is 0 Å². The first-order chi connectivity index (χ1) is 10.6. The van der Waals surface area contributed by atoms with E-state index in [9.17, 15) is 4.79 Å². The van der Waals surface area contributed by atoms with Gasteiger partial charge in [-0.15, -0.1) is 0 Å². The molecule has 0 unspecified atom stereocenters. The maximum absolute atomic E-state index is 12.3. The van der Waals surface area contributed by atoms with Crippen LogP contribution >= 0.6 is 0 Å². The molecule has 2 aromatic rings. The molecule has 0 bridgehead atoms. The SMILES string of the molecule is CO[C@H](C)COc1cc(C)nc(C(=O)Cc2ccccn2)c1. The van der Waals surface area contributed by atoms with Gasteiger partial charge < -0.3 is 9.47 Å². The van der Waals surface area contributed by atoms with Gasteiger partial charge in [0.05, 0.1) is 12.5 Å². The topological polar surface area (TPSA) is 61.3 Å². The number of ether oxygens (including phenoxy) is 2. The Kier molecular flexibility index (Phi) is 5.61. The van der Waals surface area contributed by atoms with Crippen molar-refractivity contribution in [3.8, 4) is 5.75 Å². The van der Waals surface area contributed by atoms with E-state index in [1.807, 2.05) is 32.0 Å². The number of rotatable bonds is 7. The molecule has 0 aliphatic carbocycles. The van der Waals surface area contributed by atoms with Crippen LogP contribution in [0.1, 0.15) is 28.8 Å². The van der Waals surface area contributed by atoms with Crippen LogP contribution in [0.15, 0.2) is 36.5 Å². The molecule has 0 N–H and O–H groups in total. The zero-order valence-electron chi connectivity index (χ0n) is 13.1. The lowest BCUT2D eigenvalue weighted by atomic mass is 10.1. The average Bonchev–Trinajstić information content (AvgIpc) is 2.53. The van der Waals surface area contributed by atoms with Crippen molar-refractivity contribution in [3.63, 3.8) is 0 Å². The summed E-state index contributed by atoms with van der Waals surface area (Å²) in [5.74, 6) is 0.549. The van der Waals surface area contributed by atoms with Crippen molar-refractivity contribution in [2.24, 2.45) is 0 Å². The summed E-state index contributed by atoms with van der Waals surface area (Å²) in [6.07, 6.45) is 1.89. The highest BCUT2D eigenvalue weighted by Crippen LogP contribution is 2.16. The summed E-state index contributed by atoms with van der Waals surface area (Å²) >= 11 is 0. The van der Waals surface area contributed by atoms with Gasteiger partial charge in [-0.05, 0) is 26.0 Å². The zero-order chi connectivity index (χ0) is 15.9. The number of hydrogen-bond acceptors (Lipinski definition) is 5. The molecule has 2 aromatic heterocycles. The van der Waals surface area contributed by atoms with E-state index in [1.54, 1.807) is 25.4 Å². The fourth-order valence-corrected chi connectivity index (χ4v) is 1.90. The molecule has 0 aliphatic heterocycles. The molecule has 2 rings (SSSR count). The summed E-state index contributed by atoms with van der Waals surface area (Å²) in [7, 11) is 1.63. The van der Waals surface area contributed by atoms with Gasteiger partial charge in [0.15, 0.2) is 5.78 Å². The molecule has 1 atom stereocenters. The molecular formula is C17H20N2O3. The largest absolute Gasteiger partial charge is 0.491 e. The molecule has 0 amide bonds. The summed E-state index contributed by atoms with van der Waals surface area (Å²) in [4.78, 5) is 20.8. The molecule has 116 valence electrons. The van der Waals surface area contributed by atoms with Crippen LogP contribution in [0.4, 0.5) is 0 Å². The molecule has 2 heterocycles. The Morgan fingerprint density at radius 3 is 2.82 bits per heavy atom. The maximum atomic E-state index is 12.3. The Morgan fingerprint density at radius 1 is 1.32 bits per heavy atom. The molecule has 5 nitrogen and oxygen atoms in total. The van der Waals surface area contributed by atoms with Gasteiger partial charge in [0.1, 0.15) is 18.1 Å². The Bertz CT molecular complexity index is 629. The number of carbonyl (C=O) groups is 1. The number of aryl methyl sites for hydroxylation is 1. The first-order valence-electron chi connectivity index (χ1n) is 7.16. The van der Waals surface area contributed by atoms with Crippen molar-refractivity contribution in [1.82, 2.24) is 9.97 Å². The van der Waals surface area contributed by atoms with E-state index >= 15 is 0 Å². The lowest BCUT2D eigenvalue weighted by molar-refractivity contribution is 0.0715. The van der Waals surface area contributed by atoms with E-state index in [0.29, 0.717) is 18.1 Å². The normalized spacial score (nSPS) is 12.0. The van der Waals surface area contributed by atoms with Gasteiger partial charge in [0, 0.05) is 36.8 Å². The molecule has 0 saturated heterocycles. The fourth-order valence-electron chi connectivity index (χ4n) is 1.90. The molecular weight excluding hydrogens is 280 g/mol. The minimum absolute atomic E-state index is 0.0128. The Labute approximate surface area is 130 Å². The van der Waals surface area contributed by atoms with E-state index in [-0.39, 0.29) is 18.3 Å². The molecule has 0 saturated carbocycles. The van der Waals surface area contributed by atoms with Gasteiger partial charge in [-0.25, -0.2) is 4.98 Å². The summed E-state index contributed by atoms with van der Waals surface area (Å²) in [6.45, 7) is 4.18. The van der Waals surface area contributed by atoms with Crippen LogP contribution in [0, 0.1) is 6.92 Å². The molecule has 0 spiro atoms. The Hall–Kier alpha value is -2.27. The number of methoxy groups -OCH3 is 1. The molecule has 0 aromatic carbocycles. The van der Waals surface area contributed by atoms with Crippen molar-refractivity contribution >= 4 is 5.78 Å². The number of nitrogens with zero attached hydrogens (tertiary/aromatic N) is 2. The minimum atomic E-state index is -0.0768. The van der Waals surface area contributed by atoms with E-state index in [4.69, 9.17) is 9.47 Å². The van der Waals surface area contributed by atoms with Crippen molar-refractivity contribution in [3.05, 3.63) is 53.6 Å². The summed E-state index contributed by atoms with van der Waals surface area (Å²) in [5.41, 5.74) is 1.86. The number of pyridine rings is 2. The molecule has 5 heteroatoms. The first-order valence-corrected chi connectivity index (χ1v) is 7.16. The van der Waals surface area contributed by atoms with Gasteiger partial charge in [-0.2, -0.15) is 0 Å². The second-order valence-corrected chi connectivity index (χ2v) is 5.11. The summed E-state index contributed by atoms with van der Waals surface area (Å²) in [5, 5.41) is 0. The van der Waals surface area contributed by atoms with Crippen LogP contribution < -0.4 is 4.74 Å². The van der Waals surface area contributed by atoms with E-state index < -0.39 is 0 Å². The lowest BCUT2D eigenvalue weighted by Gasteiger charge is -2.12. The van der Waals surface area contributed by atoms with Crippen LogP contribution in [0.3, 0.4) is 0 Å². The third kappa shape index (κ3) is 4.63. The molecule has 22 heavy (non-hydrogen) atoms. The first kappa shape index (κ1) is 16.1. The quantitative estimate of drug-likeness (QED) is 0.736. The fraction of sp³-hybridized carbons (Fsp3) is 0.353. The number of Topliss-reactive ketones (excluding diaryl/α,β-unsaturated/α-hetero) is 1. The summed E-state index contributed by atoms with van der Waals surface area (Å²) in [6, 6.07) is 8.98. The average molecular weight is 300 g/mol. The minimum Gasteiger partial charge on any atom is -0.491 e. The highest BCUT2D eigenvalue weighted by Gasteiger charge is 2.12. The standard InChI is InChI=1S/C17H20N2O3/c1-12-8-15(22-11-13(2)21-3)10-16(19-12)17(20)9-14-6-4-5-7-18-14/h4-8,10,13H,9,11H2,1-3H3/t13-/m1/s1. The predicted octanol–water partition coefficient (Wildman–Crippen LogP) is 2.62. The predicted molar refractivity (Wildman–Crippen MR) is 83.2 cm³/mol. The van der Waals surface area contributed by atoms with Crippen molar-refractivity contribution in [2.45, 2.75) is 26.4 Å². The number of aromatic nitrogens is 2. The van der Waals surface area contributed by atoms with Gasteiger partial charge in [-0.1, -0.05) is 6.07 Å². The number of carbonyl (C=O) groups excluding carboxylic acids is 1. The van der Waals surface area contributed by atoms with E-state index in [2.05, 4.69) is 9.97 Å². The second-order valence-electron chi connectivity index (χ2n) is 5.11. The highest BCUT2D eigenvalue weighted by atomic mass is 16.5. The molecule has 0 aliphatic rings. The van der Waals surface area contributed by atoms with Crippen LogP contribution in [0.2, 0.25) is 0 Å². The van der Waals surface area contributed by atoms with Crippen LogP contribution in [-0.2, 0) is 11.2 Å². The second kappa shape index (κ2) is 7.66. The van der Waals surface area contributed by atoms with Gasteiger partial charge in [0.2, 0.25) is 0 Å². The monoisotopic (exact) mass is 300 g/mol. The van der Waals surface area contributed by atoms with Gasteiger partial charge in [0.25, 0.3) is 0 Å². The van der Waals surface area contributed by atoms with Crippen molar-refractivity contribution < 1.29 is 14.3 Å². The third-order valence-corrected chi connectivity index (χ3v) is 3.17. The maximum Gasteiger partial charge on any atom is 0.187 e. The van der Waals surface area contributed by atoms with E-state index in [1.165, 1.54) is 0 Å². The Balaban J connectivity index is 2.10. The third-order valence-electron chi connectivity index (χ3n) is 3.17. The van der Waals surface area contributed by atoms with Crippen molar-refractivity contribution in [1.29, 1.82) is 0 Å². The van der Waals surface area contributed by atoms with Gasteiger partial charge in [-0.3, -0.25) is 9.78 Å². The highest BCUT2D eigenvalue weighted by molar-refractivity contribution is 5.95. The van der Waals surface area contributed by atoms with Crippen LogP contribution in [0.5, 0.6) is 5.75 Å². The molecule has 0 fully saturated rings. The summed E-state index contributed by atoms with van der Waals surface area (Å²) < 4.78 is 10.8. The molecule has 0 radical (unpaired) electrons.